The number of rotatable bonds is 7. The fraction of sp³-hybridized carbons (Fsp3) is 0.533. The van der Waals surface area contributed by atoms with E-state index < -0.39 is 0 Å². The van der Waals surface area contributed by atoms with E-state index in [9.17, 15) is 4.79 Å². The molecule has 2 nitrogen and oxygen atoms in total. The number of carbonyl (C=O) groups excluding carboxylic acids is 1. The number of carbonyl (C=O) groups is 1. The summed E-state index contributed by atoms with van der Waals surface area (Å²) in [6.45, 7) is 4.26. The van der Waals surface area contributed by atoms with E-state index >= 15 is 0 Å². The van der Waals surface area contributed by atoms with E-state index in [1.54, 1.807) is 4.90 Å². The van der Waals surface area contributed by atoms with E-state index in [4.69, 9.17) is 23.2 Å². The Kier molecular flexibility index (Phi) is 7.25. The van der Waals surface area contributed by atoms with Gasteiger partial charge in [0.15, 0.2) is 0 Å². The first-order valence-electron chi connectivity index (χ1n) is 6.72. The van der Waals surface area contributed by atoms with Crippen LogP contribution in [0.5, 0.6) is 0 Å². The molecular formula is C15H21Cl2NO. The van der Waals surface area contributed by atoms with Crippen molar-refractivity contribution in [2.45, 2.75) is 39.5 Å². The van der Waals surface area contributed by atoms with E-state index in [0.717, 1.165) is 31.4 Å². The highest BCUT2D eigenvalue weighted by Gasteiger charge is 2.19. The minimum atomic E-state index is -0.141. The zero-order chi connectivity index (χ0) is 14.3. The van der Waals surface area contributed by atoms with Crippen molar-refractivity contribution < 1.29 is 4.79 Å². The smallest absolute Gasteiger partial charge is 0.242 e. The van der Waals surface area contributed by atoms with Gasteiger partial charge < -0.3 is 0 Å². The van der Waals surface area contributed by atoms with Crippen LogP contribution in [-0.2, 0) is 17.6 Å². The molecule has 0 bridgehead atoms. The zero-order valence-electron chi connectivity index (χ0n) is 11.6. The Labute approximate surface area is 125 Å². The van der Waals surface area contributed by atoms with Crippen LogP contribution in [0, 0.1) is 0 Å². The number of hydrogen-bond acceptors (Lipinski definition) is 1. The molecule has 1 aromatic rings. The number of halogens is 2. The highest BCUT2D eigenvalue weighted by molar-refractivity contribution is 6.31. The lowest BCUT2D eigenvalue weighted by atomic mass is 9.99. The van der Waals surface area contributed by atoms with Gasteiger partial charge in [0.25, 0.3) is 0 Å². The Hall–Kier alpha value is -0.730. The highest BCUT2D eigenvalue weighted by atomic mass is 35.5. The van der Waals surface area contributed by atoms with Gasteiger partial charge in [0.05, 0.1) is 5.69 Å². The summed E-state index contributed by atoms with van der Waals surface area (Å²) in [6, 6.07) is 6.33. The van der Waals surface area contributed by atoms with Crippen molar-refractivity contribution in [3.05, 3.63) is 29.3 Å². The van der Waals surface area contributed by atoms with Crippen molar-refractivity contribution >= 4 is 34.8 Å². The summed E-state index contributed by atoms with van der Waals surface area (Å²) in [7, 11) is 0. The first-order chi connectivity index (χ1) is 9.19. The van der Waals surface area contributed by atoms with Crippen LogP contribution in [0.25, 0.3) is 0 Å². The maximum atomic E-state index is 12.0. The number of aryl methyl sites for hydroxylation is 2. The van der Waals surface area contributed by atoms with Crippen molar-refractivity contribution in [3.8, 4) is 0 Å². The molecule has 1 amide bonds. The Morgan fingerprint density at radius 3 is 2.00 bits per heavy atom. The molecule has 0 spiro atoms. The van der Waals surface area contributed by atoms with Crippen molar-refractivity contribution in [1.29, 1.82) is 0 Å². The summed E-state index contributed by atoms with van der Waals surface area (Å²) in [4.78, 5) is 13.6. The van der Waals surface area contributed by atoms with E-state index in [0.29, 0.717) is 0 Å². The predicted molar refractivity (Wildman–Crippen MR) is 83.4 cm³/mol. The molecule has 0 fully saturated rings. The minimum absolute atomic E-state index is 0.0429. The molecule has 1 rings (SSSR count). The number of alkyl halides is 2. The molecule has 0 aliphatic rings. The maximum absolute atomic E-state index is 12.0. The zero-order valence-corrected chi connectivity index (χ0v) is 13.1. The third-order valence-electron chi connectivity index (χ3n) is 3.05. The summed E-state index contributed by atoms with van der Waals surface area (Å²) in [5.74, 6) is -0.184. The molecule has 0 saturated heterocycles. The van der Waals surface area contributed by atoms with Gasteiger partial charge in [-0.05, 0) is 24.0 Å². The highest BCUT2D eigenvalue weighted by Crippen LogP contribution is 2.29. The molecular weight excluding hydrogens is 281 g/mol. The SMILES string of the molecule is CCCc1cccc(CCC)c1N(CCl)C(=O)CCl. The van der Waals surface area contributed by atoms with Gasteiger partial charge in [0.1, 0.15) is 11.9 Å². The van der Waals surface area contributed by atoms with Crippen molar-refractivity contribution in [2.75, 3.05) is 16.8 Å². The molecule has 0 unspecified atom stereocenters. The van der Waals surface area contributed by atoms with Gasteiger partial charge in [0.2, 0.25) is 5.91 Å². The third-order valence-corrected chi connectivity index (χ3v) is 3.51. The van der Waals surface area contributed by atoms with Gasteiger partial charge in [-0.3, -0.25) is 9.69 Å². The van der Waals surface area contributed by atoms with Crippen LogP contribution in [0.4, 0.5) is 5.69 Å². The summed E-state index contributed by atoms with van der Waals surface area (Å²) in [6.07, 6.45) is 3.95. The maximum Gasteiger partial charge on any atom is 0.242 e. The summed E-state index contributed by atoms with van der Waals surface area (Å²) >= 11 is 11.7. The van der Waals surface area contributed by atoms with Crippen molar-refractivity contribution in [1.82, 2.24) is 0 Å². The second kappa shape index (κ2) is 8.44. The molecule has 0 aliphatic carbocycles. The molecule has 19 heavy (non-hydrogen) atoms. The second-order valence-electron chi connectivity index (χ2n) is 4.50. The van der Waals surface area contributed by atoms with Crippen LogP contribution in [0.1, 0.15) is 37.8 Å². The molecule has 4 heteroatoms. The van der Waals surface area contributed by atoms with Crippen molar-refractivity contribution in [2.24, 2.45) is 0 Å². The van der Waals surface area contributed by atoms with Gasteiger partial charge in [0, 0.05) is 0 Å². The molecule has 0 atom stereocenters. The Balaban J connectivity index is 3.28. The van der Waals surface area contributed by atoms with Gasteiger partial charge in [-0.15, -0.1) is 23.2 Å². The van der Waals surface area contributed by atoms with Crippen molar-refractivity contribution in [3.63, 3.8) is 0 Å². The van der Waals surface area contributed by atoms with Crippen LogP contribution in [-0.4, -0.2) is 17.8 Å². The van der Waals surface area contributed by atoms with E-state index in [2.05, 4.69) is 32.0 Å². The molecule has 0 aliphatic heterocycles. The monoisotopic (exact) mass is 301 g/mol. The number of hydrogen-bond donors (Lipinski definition) is 0. The minimum Gasteiger partial charge on any atom is -0.297 e. The lowest BCUT2D eigenvalue weighted by Crippen LogP contribution is -2.32. The first-order valence-corrected chi connectivity index (χ1v) is 7.79. The molecule has 0 saturated carbocycles. The summed E-state index contributed by atoms with van der Waals surface area (Å²) in [5, 5.41) is 0. The van der Waals surface area contributed by atoms with Crippen LogP contribution >= 0.6 is 23.2 Å². The Morgan fingerprint density at radius 1 is 1.11 bits per heavy atom. The van der Waals surface area contributed by atoms with E-state index in [1.165, 1.54) is 11.1 Å². The van der Waals surface area contributed by atoms with Gasteiger partial charge in [-0.25, -0.2) is 0 Å². The third kappa shape index (κ3) is 4.12. The largest absolute Gasteiger partial charge is 0.297 e. The predicted octanol–water partition coefficient (Wildman–Crippen LogP) is 4.36. The summed E-state index contributed by atoms with van der Waals surface area (Å²) in [5.41, 5.74) is 3.31. The number of benzene rings is 1. The van der Waals surface area contributed by atoms with E-state index in [1.807, 2.05) is 0 Å². The molecule has 0 N–H and O–H groups in total. The number of anilines is 1. The second-order valence-corrected chi connectivity index (χ2v) is 5.01. The Bertz CT molecular complexity index is 396. The number of amides is 1. The van der Waals surface area contributed by atoms with Crippen LogP contribution < -0.4 is 4.90 Å². The molecule has 1 aromatic carbocycles. The lowest BCUT2D eigenvalue weighted by Gasteiger charge is -2.25. The lowest BCUT2D eigenvalue weighted by molar-refractivity contribution is -0.116. The fourth-order valence-electron chi connectivity index (χ4n) is 2.26. The fourth-order valence-corrected chi connectivity index (χ4v) is 2.65. The standard InChI is InChI=1S/C15H21Cl2NO/c1-3-6-12-8-5-9-13(7-4-2)15(12)18(11-17)14(19)10-16/h5,8-9H,3-4,6-7,10-11H2,1-2H3. The first kappa shape index (κ1) is 16.3. The van der Waals surface area contributed by atoms with E-state index in [-0.39, 0.29) is 17.8 Å². The molecule has 0 heterocycles. The average Bonchev–Trinajstić information content (AvgIpc) is 2.42. The van der Waals surface area contributed by atoms with Gasteiger partial charge >= 0.3 is 0 Å². The number of para-hydroxylation sites is 1. The average molecular weight is 302 g/mol. The number of nitrogens with zero attached hydrogens (tertiary/aromatic N) is 1. The quantitative estimate of drug-likeness (QED) is 0.541. The summed E-state index contributed by atoms with van der Waals surface area (Å²) < 4.78 is 0. The molecule has 0 aromatic heterocycles. The topological polar surface area (TPSA) is 20.3 Å². The van der Waals surface area contributed by atoms with Gasteiger partial charge in [-0.1, -0.05) is 44.9 Å². The normalized spacial score (nSPS) is 10.5. The Morgan fingerprint density at radius 2 is 1.63 bits per heavy atom. The molecule has 0 radical (unpaired) electrons. The van der Waals surface area contributed by atoms with Crippen LogP contribution in [0.2, 0.25) is 0 Å². The van der Waals surface area contributed by atoms with Crippen LogP contribution in [0.15, 0.2) is 18.2 Å². The van der Waals surface area contributed by atoms with Gasteiger partial charge in [-0.2, -0.15) is 0 Å². The van der Waals surface area contributed by atoms with Crippen LogP contribution in [0.3, 0.4) is 0 Å². The molecule has 106 valence electrons.